The van der Waals surface area contributed by atoms with Gasteiger partial charge in [-0.1, -0.05) is 18.2 Å². The molecule has 1 aromatic rings. The van der Waals surface area contributed by atoms with E-state index in [4.69, 9.17) is 4.74 Å². The van der Waals surface area contributed by atoms with E-state index in [9.17, 15) is 4.79 Å². The second-order valence-corrected chi connectivity index (χ2v) is 5.00. The Kier molecular flexibility index (Phi) is 6.82. The van der Waals surface area contributed by atoms with Crippen LogP contribution in [0.5, 0.6) is 5.75 Å². The molecule has 0 radical (unpaired) electrons. The molecule has 1 heterocycles. The molecule has 1 atom stereocenters. The normalized spacial score (nSPS) is 16.9. The fraction of sp³-hybridized carbons (Fsp3) is 0.533. The number of nitrogens with one attached hydrogen (secondary N) is 1. The second kappa shape index (κ2) is 8.12. The van der Waals surface area contributed by atoms with Gasteiger partial charge in [-0.15, -0.1) is 12.4 Å². The minimum atomic E-state index is -0.442. The summed E-state index contributed by atoms with van der Waals surface area (Å²) < 4.78 is 5.68. The molecule has 1 aliphatic heterocycles. The molecule has 1 aliphatic rings. The second-order valence-electron chi connectivity index (χ2n) is 5.00. The molecular weight excluding hydrogens is 276 g/mol. The number of piperidine rings is 1. The van der Waals surface area contributed by atoms with Gasteiger partial charge in [0.05, 0.1) is 0 Å². The lowest BCUT2D eigenvalue weighted by Crippen LogP contribution is -2.48. The van der Waals surface area contributed by atoms with Crippen molar-refractivity contribution in [2.75, 3.05) is 20.1 Å². The van der Waals surface area contributed by atoms with Crippen LogP contribution < -0.4 is 10.1 Å². The summed E-state index contributed by atoms with van der Waals surface area (Å²) in [6.45, 7) is 3.78. The van der Waals surface area contributed by atoms with Crippen LogP contribution in [0.3, 0.4) is 0 Å². The molecule has 0 saturated carbocycles. The lowest BCUT2D eigenvalue weighted by Gasteiger charge is -2.33. The van der Waals surface area contributed by atoms with Crippen LogP contribution in [0.4, 0.5) is 0 Å². The molecule has 1 aromatic carbocycles. The van der Waals surface area contributed by atoms with Crippen molar-refractivity contribution in [2.24, 2.45) is 0 Å². The third-order valence-electron chi connectivity index (χ3n) is 3.61. The largest absolute Gasteiger partial charge is 0.481 e. The highest BCUT2D eigenvalue weighted by Crippen LogP contribution is 2.15. The number of ether oxygens (including phenoxy) is 1. The fourth-order valence-electron chi connectivity index (χ4n) is 2.41. The summed E-state index contributed by atoms with van der Waals surface area (Å²) in [6.07, 6.45) is 1.59. The Morgan fingerprint density at radius 3 is 2.50 bits per heavy atom. The van der Waals surface area contributed by atoms with Gasteiger partial charge in [-0.3, -0.25) is 4.79 Å². The monoisotopic (exact) mass is 298 g/mol. The van der Waals surface area contributed by atoms with Crippen molar-refractivity contribution in [2.45, 2.75) is 31.9 Å². The van der Waals surface area contributed by atoms with Crippen LogP contribution >= 0.6 is 12.4 Å². The van der Waals surface area contributed by atoms with Crippen molar-refractivity contribution < 1.29 is 9.53 Å². The van der Waals surface area contributed by atoms with Gasteiger partial charge in [-0.05, 0) is 45.0 Å². The van der Waals surface area contributed by atoms with Gasteiger partial charge >= 0.3 is 0 Å². The van der Waals surface area contributed by atoms with Crippen LogP contribution in [0.15, 0.2) is 30.3 Å². The highest BCUT2D eigenvalue weighted by molar-refractivity contribution is 5.85. The molecule has 1 fully saturated rings. The first-order valence-corrected chi connectivity index (χ1v) is 6.87. The summed E-state index contributed by atoms with van der Waals surface area (Å²) in [5.74, 6) is 0.790. The number of carbonyl (C=O) groups is 1. The predicted molar refractivity (Wildman–Crippen MR) is 82.4 cm³/mol. The van der Waals surface area contributed by atoms with Gasteiger partial charge in [0.1, 0.15) is 5.75 Å². The van der Waals surface area contributed by atoms with Gasteiger partial charge < -0.3 is 15.0 Å². The third-order valence-corrected chi connectivity index (χ3v) is 3.61. The van der Waals surface area contributed by atoms with Crippen LogP contribution in [0, 0.1) is 0 Å². The van der Waals surface area contributed by atoms with Crippen molar-refractivity contribution in [3.63, 3.8) is 0 Å². The summed E-state index contributed by atoms with van der Waals surface area (Å²) in [7, 11) is 1.88. The summed E-state index contributed by atoms with van der Waals surface area (Å²) >= 11 is 0. The van der Waals surface area contributed by atoms with E-state index in [1.54, 1.807) is 0 Å². The summed E-state index contributed by atoms with van der Waals surface area (Å²) in [5.41, 5.74) is 0. The Labute approximate surface area is 126 Å². The zero-order valence-corrected chi connectivity index (χ0v) is 12.9. The maximum Gasteiger partial charge on any atom is 0.263 e. The Hall–Kier alpha value is -1.26. The molecule has 5 heteroatoms. The molecule has 1 unspecified atom stereocenters. The van der Waals surface area contributed by atoms with Crippen LogP contribution in [0.2, 0.25) is 0 Å². The number of amides is 1. The van der Waals surface area contributed by atoms with E-state index in [0.29, 0.717) is 6.04 Å². The number of benzene rings is 1. The summed E-state index contributed by atoms with van der Waals surface area (Å²) in [4.78, 5) is 14.2. The van der Waals surface area contributed by atoms with Crippen LogP contribution in [0.1, 0.15) is 19.8 Å². The molecule has 4 nitrogen and oxygen atoms in total. The molecule has 1 saturated heterocycles. The van der Waals surface area contributed by atoms with Crippen LogP contribution in [-0.2, 0) is 4.79 Å². The number of rotatable bonds is 4. The number of halogens is 1. The lowest BCUT2D eigenvalue weighted by atomic mass is 10.0. The molecule has 1 amide bonds. The number of hydrogen-bond donors (Lipinski definition) is 1. The Morgan fingerprint density at radius 1 is 1.30 bits per heavy atom. The minimum absolute atomic E-state index is 0. The molecule has 1 N–H and O–H groups in total. The molecule has 0 spiro atoms. The number of nitrogens with zero attached hydrogens (tertiary/aromatic N) is 1. The molecular formula is C15H23ClN2O2. The van der Waals surface area contributed by atoms with Crippen molar-refractivity contribution in [3.8, 4) is 5.75 Å². The zero-order valence-electron chi connectivity index (χ0n) is 12.0. The zero-order chi connectivity index (χ0) is 13.7. The first-order chi connectivity index (χ1) is 9.18. The third kappa shape index (κ3) is 4.39. The molecule has 2 rings (SSSR count). The van der Waals surface area contributed by atoms with Crippen molar-refractivity contribution >= 4 is 18.3 Å². The smallest absolute Gasteiger partial charge is 0.263 e. The van der Waals surface area contributed by atoms with E-state index >= 15 is 0 Å². The standard InChI is InChI=1S/C15H22N2O2.ClH/c1-12(19-14-6-4-3-5-7-14)15(18)17(2)13-8-10-16-11-9-13;/h3-7,12-13,16H,8-11H2,1-2H3;1H. The highest BCUT2D eigenvalue weighted by atomic mass is 35.5. The number of para-hydroxylation sites is 1. The van der Waals surface area contributed by atoms with E-state index in [0.717, 1.165) is 31.7 Å². The van der Waals surface area contributed by atoms with Gasteiger partial charge in [0, 0.05) is 13.1 Å². The molecule has 112 valence electrons. The highest BCUT2D eigenvalue weighted by Gasteiger charge is 2.26. The summed E-state index contributed by atoms with van der Waals surface area (Å²) in [6, 6.07) is 9.81. The first-order valence-electron chi connectivity index (χ1n) is 6.87. The number of likely N-dealkylation sites (N-methyl/N-ethyl adjacent to an activating group) is 1. The maximum atomic E-state index is 12.3. The Bertz CT molecular complexity index is 408. The molecule has 0 bridgehead atoms. The van der Waals surface area contributed by atoms with Crippen molar-refractivity contribution in [1.82, 2.24) is 10.2 Å². The van der Waals surface area contributed by atoms with Gasteiger partial charge in [-0.25, -0.2) is 0 Å². The lowest BCUT2D eigenvalue weighted by molar-refractivity contribution is -0.139. The average Bonchev–Trinajstić information content (AvgIpc) is 2.47. The SMILES string of the molecule is CC(Oc1ccccc1)C(=O)N(C)C1CCNCC1.Cl. The van der Waals surface area contributed by atoms with E-state index in [-0.39, 0.29) is 18.3 Å². The van der Waals surface area contributed by atoms with E-state index in [1.807, 2.05) is 49.2 Å². The van der Waals surface area contributed by atoms with Gasteiger partial charge in [0.15, 0.2) is 6.10 Å². The number of hydrogen-bond acceptors (Lipinski definition) is 3. The Balaban J connectivity index is 0.00000200. The quantitative estimate of drug-likeness (QED) is 0.925. The fourth-order valence-corrected chi connectivity index (χ4v) is 2.41. The maximum absolute atomic E-state index is 12.3. The van der Waals surface area contributed by atoms with Gasteiger partial charge in [-0.2, -0.15) is 0 Å². The predicted octanol–water partition coefficient (Wildman–Crippen LogP) is 2.09. The summed E-state index contributed by atoms with van der Waals surface area (Å²) in [5, 5.41) is 3.31. The van der Waals surface area contributed by atoms with Crippen molar-refractivity contribution in [3.05, 3.63) is 30.3 Å². The van der Waals surface area contributed by atoms with Crippen LogP contribution in [-0.4, -0.2) is 43.1 Å². The number of carbonyl (C=O) groups excluding carboxylic acids is 1. The van der Waals surface area contributed by atoms with E-state index in [2.05, 4.69) is 5.32 Å². The van der Waals surface area contributed by atoms with Crippen molar-refractivity contribution in [1.29, 1.82) is 0 Å². The van der Waals surface area contributed by atoms with Gasteiger partial charge in [0.25, 0.3) is 5.91 Å². The average molecular weight is 299 g/mol. The minimum Gasteiger partial charge on any atom is -0.481 e. The van der Waals surface area contributed by atoms with E-state index in [1.165, 1.54) is 0 Å². The molecule has 0 aliphatic carbocycles. The van der Waals surface area contributed by atoms with Crippen LogP contribution in [0.25, 0.3) is 0 Å². The topological polar surface area (TPSA) is 41.6 Å². The first kappa shape index (κ1) is 16.8. The Morgan fingerprint density at radius 2 is 1.90 bits per heavy atom. The molecule has 20 heavy (non-hydrogen) atoms. The molecule has 0 aromatic heterocycles. The van der Waals surface area contributed by atoms with Gasteiger partial charge in [0.2, 0.25) is 0 Å². The van der Waals surface area contributed by atoms with E-state index < -0.39 is 6.10 Å².